The summed E-state index contributed by atoms with van der Waals surface area (Å²) in [6.07, 6.45) is 4.91. The zero-order valence-electron chi connectivity index (χ0n) is 14.1. The molecule has 0 saturated carbocycles. The third kappa shape index (κ3) is 3.85. The fourth-order valence-electron chi connectivity index (χ4n) is 3.55. The van der Waals surface area contributed by atoms with Crippen LogP contribution in [0.15, 0.2) is 29.0 Å². The van der Waals surface area contributed by atoms with Gasteiger partial charge in [-0.1, -0.05) is 11.3 Å². The number of hydrogen-bond donors (Lipinski definition) is 1. The van der Waals surface area contributed by atoms with E-state index in [0.29, 0.717) is 12.3 Å². The van der Waals surface area contributed by atoms with E-state index >= 15 is 0 Å². The molecule has 3 aromatic rings. The summed E-state index contributed by atoms with van der Waals surface area (Å²) in [7, 11) is 0. The van der Waals surface area contributed by atoms with E-state index in [0.717, 1.165) is 42.9 Å². The molecule has 3 heterocycles. The van der Waals surface area contributed by atoms with Crippen molar-refractivity contribution >= 4 is 11.0 Å². The van der Waals surface area contributed by atoms with Crippen molar-refractivity contribution < 1.29 is 9.74 Å². The van der Waals surface area contributed by atoms with Crippen LogP contribution in [-0.4, -0.2) is 55.0 Å². The van der Waals surface area contributed by atoms with Crippen molar-refractivity contribution in [1.29, 1.82) is 0 Å². The van der Waals surface area contributed by atoms with E-state index in [1.807, 2.05) is 23.0 Å². The van der Waals surface area contributed by atoms with E-state index in [4.69, 9.17) is 9.74 Å². The van der Waals surface area contributed by atoms with Crippen LogP contribution < -0.4 is 0 Å². The molecule has 1 fully saturated rings. The molecular formula is C17H22N6O2. The number of aromatic nitrogens is 5. The normalized spacial score (nSPS) is 18.8. The molecule has 1 aliphatic rings. The summed E-state index contributed by atoms with van der Waals surface area (Å²) >= 11 is 0. The van der Waals surface area contributed by atoms with Gasteiger partial charge < -0.3 is 5.11 Å². The maximum Gasteiger partial charge on any atom is 0.135 e. The molecule has 1 aromatic carbocycles. The second kappa shape index (κ2) is 7.28. The number of benzene rings is 1. The van der Waals surface area contributed by atoms with Crippen LogP contribution in [0.4, 0.5) is 0 Å². The zero-order chi connectivity index (χ0) is 17.1. The summed E-state index contributed by atoms with van der Waals surface area (Å²) < 4.78 is 6.68. The standard InChI is InChI=1S/C17H22N6O2/c24-7-5-15-12-23(21-18-15)11-14-2-1-6-22(10-14)9-13-3-4-16-17(8-13)20-25-19-16/h3-4,8,12,14,24H,1-2,5-7,9-11H2/t14-/m0/s1. The van der Waals surface area contributed by atoms with E-state index < -0.39 is 0 Å². The maximum absolute atomic E-state index is 8.98. The van der Waals surface area contributed by atoms with E-state index in [9.17, 15) is 0 Å². The van der Waals surface area contributed by atoms with Crippen LogP contribution in [0.3, 0.4) is 0 Å². The Bertz CT molecular complexity index is 829. The highest BCUT2D eigenvalue weighted by Crippen LogP contribution is 2.21. The number of piperidine rings is 1. The number of fused-ring (bicyclic) bond motifs is 1. The molecule has 0 bridgehead atoms. The molecule has 1 atom stereocenters. The smallest absolute Gasteiger partial charge is 0.135 e. The Morgan fingerprint density at radius 3 is 3.08 bits per heavy atom. The van der Waals surface area contributed by atoms with E-state index in [-0.39, 0.29) is 6.61 Å². The predicted octanol–water partition coefficient (Wildman–Crippen LogP) is 1.26. The van der Waals surface area contributed by atoms with Gasteiger partial charge in [0.15, 0.2) is 0 Å². The van der Waals surface area contributed by atoms with Gasteiger partial charge in [0.05, 0.1) is 5.69 Å². The Kier molecular flexibility index (Phi) is 4.71. The number of aliphatic hydroxyl groups is 1. The quantitative estimate of drug-likeness (QED) is 0.721. The summed E-state index contributed by atoms with van der Waals surface area (Å²) in [5.41, 5.74) is 3.69. The van der Waals surface area contributed by atoms with Gasteiger partial charge in [0.1, 0.15) is 11.0 Å². The Morgan fingerprint density at radius 2 is 2.16 bits per heavy atom. The van der Waals surface area contributed by atoms with Crippen LogP contribution in [0.25, 0.3) is 11.0 Å². The Balaban J connectivity index is 1.36. The molecule has 1 N–H and O–H groups in total. The molecule has 132 valence electrons. The Labute approximate surface area is 145 Å². The van der Waals surface area contributed by atoms with Gasteiger partial charge in [-0.3, -0.25) is 9.58 Å². The molecular weight excluding hydrogens is 320 g/mol. The van der Waals surface area contributed by atoms with Gasteiger partial charge in [-0.15, -0.1) is 5.10 Å². The van der Waals surface area contributed by atoms with Gasteiger partial charge in [-0.05, 0) is 53.3 Å². The molecule has 0 radical (unpaired) electrons. The van der Waals surface area contributed by atoms with Crippen LogP contribution >= 0.6 is 0 Å². The van der Waals surface area contributed by atoms with Crippen molar-refractivity contribution in [2.75, 3.05) is 19.7 Å². The zero-order valence-corrected chi connectivity index (χ0v) is 14.1. The van der Waals surface area contributed by atoms with Crippen LogP contribution in [0.2, 0.25) is 0 Å². The van der Waals surface area contributed by atoms with E-state index in [1.165, 1.54) is 18.4 Å². The van der Waals surface area contributed by atoms with Gasteiger partial charge in [0.2, 0.25) is 0 Å². The Morgan fingerprint density at radius 1 is 1.24 bits per heavy atom. The minimum atomic E-state index is 0.112. The molecule has 0 aliphatic carbocycles. The van der Waals surface area contributed by atoms with Gasteiger partial charge in [0.25, 0.3) is 0 Å². The lowest BCUT2D eigenvalue weighted by Gasteiger charge is -2.32. The fourth-order valence-corrected chi connectivity index (χ4v) is 3.55. The largest absolute Gasteiger partial charge is 0.396 e. The summed E-state index contributed by atoms with van der Waals surface area (Å²) in [6.45, 7) is 4.05. The van der Waals surface area contributed by atoms with Crippen molar-refractivity contribution in [1.82, 2.24) is 30.2 Å². The van der Waals surface area contributed by atoms with Crippen molar-refractivity contribution in [2.45, 2.75) is 32.4 Å². The summed E-state index contributed by atoms with van der Waals surface area (Å²) in [6, 6.07) is 6.10. The molecule has 25 heavy (non-hydrogen) atoms. The van der Waals surface area contributed by atoms with Gasteiger partial charge in [-0.2, -0.15) is 0 Å². The average molecular weight is 342 g/mol. The van der Waals surface area contributed by atoms with Crippen molar-refractivity contribution in [2.24, 2.45) is 5.92 Å². The van der Waals surface area contributed by atoms with Crippen LogP contribution in [0, 0.1) is 5.92 Å². The molecule has 0 spiro atoms. The van der Waals surface area contributed by atoms with Crippen LogP contribution in [0.1, 0.15) is 24.1 Å². The molecule has 8 heteroatoms. The first-order valence-corrected chi connectivity index (χ1v) is 8.73. The lowest BCUT2D eigenvalue weighted by molar-refractivity contribution is 0.153. The number of hydrogen-bond acceptors (Lipinski definition) is 7. The molecule has 8 nitrogen and oxygen atoms in total. The highest BCUT2D eigenvalue weighted by Gasteiger charge is 2.21. The topological polar surface area (TPSA) is 93.1 Å². The average Bonchev–Trinajstić information content (AvgIpc) is 3.24. The minimum Gasteiger partial charge on any atom is -0.396 e. The van der Waals surface area contributed by atoms with Crippen LogP contribution in [-0.2, 0) is 19.5 Å². The number of nitrogens with zero attached hydrogens (tertiary/aromatic N) is 6. The first kappa shape index (κ1) is 16.2. The van der Waals surface area contributed by atoms with Crippen molar-refractivity contribution in [3.63, 3.8) is 0 Å². The summed E-state index contributed by atoms with van der Waals surface area (Å²) in [5.74, 6) is 0.565. The second-order valence-corrected chi connectivity index (χ2v) is 6.74. The highest BCUT2D eigenvalue weighted by molar-refractivity contribution is 5.73. The number of rotatable bonds is 6. The molecule has 1 saturated heterocycles. The predicted molar refractivity (Wildman–Crippen MR) is 90.6 cm³/mol. The number of likely N-dealkylation sites (tertiary alicyclic amines) is 1. The first-order valence-electron chi connectivity index (χ1n) is 8.73. The number of aliphatic hydroxyl groups excluding tert-OH is 1. The third-order valence-electron chi connectivity index (χ3n) is 4.73. The van der Waals surface area contributed by atoms with Crippen molar-refractivity contribution in [3.05, 3.63) is 35.7 Å². The summed E-state index contributed by atoms with van der Waals surface area (Å²) in [4.78, 5) is 2.48. The summed E-state index contributed by atoms with van der Waals surface area (Å²) in [5, 5.41) is 25.0. The first-order chi connectivity index (χ1) is 12.3. The second-order valence-electron chi connectivity index (χ2n) is 6.74. The van der Waals surface area contributed by atoms with E-state index in [1.54, 1.807) is 0 Å². The monoisotopic (exact) mass is 342 g/mol. The molecule has 0 amide bonds. The lowest BCUT2D eigenvalue weighted by Crippen LogP contribution is -2.36. The van der Waals surface area contributed by atoms with Gasteiger partial charge in [0, 0.05) is 38.9 Å². The van der Waals surface area contributed by atoms with Crippen molar-refractivity contribution in [3.8, 4) is 0 Å². The minimum absolute atomic E-state index is 0.112. The fraction of sp³-hybridized carbons (Fsp3) is 0.529. The molecule has 2 aromatic heterocycles. The molecule has 4 rings (SSSR count). The Hall–Kier alpha value is -2.32. The third-order valence-corrected chi connectivity index (χ3v) is 4.73. The highest BCUT2D eigenvalue weighted by atomic mass is 16.6. The molecule has 1 aliphatic heterocycles. The van der Waals surface area contributed by atoms with Gasteiger partial charge >= 0.3 is 0 Å². The SMILES string of the molecule is OCCc1cn(C[C@H]2CCCN(Cc3ccc4nonc4c3)C2)nn1. The van der Waals surface area contributed by atoms with Crippen LogP contribution in [0.5, 0.6) is 0 Å². The van der Waals surface area contributed by atoms with Gasteiger partial charge in [-0.25, -0.2) is 4.63 Å². The molecule has 0 unspecified atom stereocenters. The maximum atomic E-state index is 8.98. The van der Waals surface area contributed by atoms with E-state index in [2.05, 4.69) is 31.6 Å². The lowest BCUT2D eigenvalue weighted by atomic mass is 9.97.